The maximum atomic E-state index is 6.57. The van der Waals surface area contributed by atoms with Crippen LogP contribution >= 0.6 is 0 Å². The molecular formula is C58H46N2O2. The van der Waals surface area contributed by atoms with Crippen molar-refractivity contribution in [2.24, 2.45) is 5.92 Å². The molecule has 0 amide bonds. The number of benzene rings is 8. The van der Waals surface area contributed by atoms with Crippen LogP contribution < -0.4 is 9.80 Å². The van der Waals surface area contributed by atoms with Gasteiger partial charge in [0, 0.05) is 55.5 Å². The van der Waals surface area contributed by atoms with Gasteiger partial charge in [-0.2, -0.15) is 0 Å². The van der Waals surface area contributed by atoms with Crippen LogP contribution in [0.4, 0.5) is 28.4 Å². The molecule has 0 spiro atoms. The minimum absolute atomic E-state index is 0.0917. The summed E-state index contributed by atoms with van der Waals surface area (Å²) in [6.07, 6.45) is 12.5. The number of fused-ring (bicyclic) bond motifs is 11. The van der Waals surface area contributed by atoms with Gasteiger partial charge in [0.2, 0.25) is 0 Å². The second-order valence-electron chi connectivity index (χ2n) is 17.6. The second-order valence-corrected chi connectivity index (χ2v) is 17.6. The predicted molar refractivity (Wildman–Crippen MR) is 262 cm³/mol. The van der Waals surface area contributed by atoms with Gasteiger partial charge in [-0.1, -0.05) is 128 Å². The smallest absolute Gasteiger partial charge is 0.135 e. The van der Waals surface area contributed by atoms with E-state index < -0.39 is 0 Å². The van der Waals surface area contributed by atoms with Gasteiger partial charge >= 0.3 is 0 Å². The molecule has 4 heteroatoms. The highest BCUT2D eigenvalue weighted by molar-refractivity contribution is 6.24. The molecule has 3 atom stereocenters. The molecule has 0 bridgehead atoms. The van der Waals surface area contributed by atoms with E-state index >= 15 is 0 Å². The summed E-state index contributed by atoms with van der Waals surface area (Å²) in [6, 6.07) is 53.5. The van der Waals surface area contributed by atoms with Crippen molar-refractivity contribution < 1.29 is 8.83 Å². The Bertz CT molecular complexity index is 3530. The van der Waals surface area contributed by atoms with Gasteiger partial charge in [0.25, 0.3) is 0 Å². The molecule has 300 valence electrons. The highest BCUT2D eigenvalue weighted by Gasteiger charge is 2.29. The topological polar surface area (TPSA) is 32.8 Å². The van der Waals surface area contributed by atoms with Gasteiger partial charge in [-0.05, 0) is 121 Å². The Kier molecular flexibility index (Phi) is 8.33. The molecule has 62 heavy (non-hydrogen) atoms. The Morgan fingerprint density at radius 1 is 0.484 bits per heavy atom. The molecule has 2 aromatic heterocycles. The van der Waals surface area contributed by atoms with Crippen LogP contribution in [0.25, 0.3) is 71.3 Å². The number of aryl methyl sites for hydroxylation is 1. The number of hydrogen-bond acceptors (Lipinski definition) is 4. The van der Waals surface area contributed by atoms with Crippen LogP contribution in [0, 0.1) is 12.8 Å². The summed E-state index contributed by atoms with van der Waals surface area (Å²) in [5.41, 5.74) is 12.2. The molecular weight excluding hydrogens is 757 g/mol. The fourth-order valence-corrected chi connectivity index (χ4v) is 10.5. The minimum Gasteiger partial charge on any atom is -0.460 e. The van der Waals surface area contributed by atoms with E-state index in [9.17, 15) is 0 Å². The first-order chi connectivity index (χ1) is 30.4. The number of furan rings is 2. The van der Waals surface area contributed by atoms with E-state index in [1.54, 1.807) is 0 Å². The van der Waals surface area contributed by atoms with E-state index in [2.05, 4.69) is 213 Å². The zero-order chi connectivity index (χ0) is 41.6. The molecule has 4 nitrogen and oxygen atoms in total. The van der Waals surface area contributed by atoms with Crippen molar-refractivity contribution in [1.29, 1.82) is 0 Å². The van der Waals surface area contributed by atoms with Crippen molar-refractivity contribution in [2.45, 2.75) is 46.1 Å². The van der Waals surface area contributed by atoms with Gasteiger partial charge in [-0.25, -0.2) is 0 Å². The molecule has 0 radical (unpaired) electrons. The van der Waals surface area contributed by atoms with Gasteiger partial charge in [0.15, 0.2) is 0 Å². The Morgan fingerprint density at radius 2 is 1.08 bits per heavy atom. The summed E-state index contributed by atoms with van der Waals surface area (Å²) in [5.74, 6) is 1.73. The van der Waals surface area contributed by atoms with Crippen LogP contribution in [-0.2, 0) is 0 Å². The maximum Gasteiger partial charge on any atom is 0.135 e. The molecule has 0 fully saturated rings. The number of allylic oxidation sites excluding steroid dienone is 3. The molecule has 2 heterocycles. The zero-order valence-electron chi connectivity index (χ0n) is 35.4. The number of hydrogen-bond donors (Lipinski definition) is 0. The van der Waals surface area contributed by atoms with Gasteiger partial charge in [0.1, 0.15) is 22.5 Å². The normalized spacial score (nSPS) is 17.4. The summed E-state index contributed by atoms with van der Waals surface area (Å²) in [5, 5.41) is 10.7. The van der Waals surface area contributed by atoms with E-state index in [0.29, 0.717) is 5.92 Å². The standard InChI is InChI=1S/C58H46N2O2/c1-35-22-25-55-48(29-35)49-31-40(23-26-56(49)61-55)59(39-15-6-5-7-16-39)53-33-46-43-18-10-12-20-45(43)54(34-47(46)42-17-9-11-19-44(42)53)60(52-21-13-8-14-37(52)3)41-24-27-57-50(32-41)51-30-36(2)28-38(4)58(51)62-57/h5-27,29-34,37-38,52H,28H2,1-4H3. The third-order valence-electron chi connectivity index (χ3n) is 13.4. The zero-order valence-corrected chi connectivity index (χ0v) is 35.4. The first-order valence-electron chi connectivity index (χ1n) is 21.9. The van der Waals surface area contributed by atoms with Crippen LogP contribution in [0.3, 0.4) is 0 Å². The number of nitrogens with zero attached hydrogens (tertiary/aromatic N) is 2. The molecule has 2 aliphatic rings. The Hall–Kier alpha value is -7.30. The Labute approximate surface area is 361 Å². The van der Waals surface area contributed by atoms with Crippen molar-refractivity contribution in [3.63, 3.8) is 0 Å². The fourth-order valence-electron chi connectivity index (χ4n) is 10.5. The first-order valence-corrected chi connectivity index (χ1v) is 21.9. The van der Waals surface area contributed by atoms with Gasteiger partial charge in [0.05, 0.1) is 17.4 Å². The lowest BCUT2D eigenvalue weighted by Gasteiger charge is -2.37. The number of para-hydroxylation sites is 1. The van der Waals surface area contributed by atoms with Crippen LogP contribution in [0.2, 0.25) is 0 Å². The molecule has 0 saturated carbocycles. The van der Waals surface area contributed by atoms with Crippen molar-refractivity contribution in [3.05, 3.63) is 192 Å². The van der Waals surface area contributed by atoms with E-state index in [-0.39, 0.29) is 12.0 Å². The molecule has 8 aromatic carbocycles. The van der Waals surface area contributed by atoms with Gasteiger partial charge < -0.3 is 18.6 Å². The molecule has 0 N–H and O–H groups in total. The van der Waals surface area contributed by atoms with E-state index in [0.717, 1.165) is 62.5 Å². The average molecular weight is 803 g/mol. The molecule has 0 aliphatic heterocycles. The third kappa shape index (κ3) is 5.74. The van der Waals surface area contributed by atoms with E-state index in [4.69, 9.17) is 8.83 Å². The lowest BCUT2D eigenvalue weighted by molar-refractivity contribution is 0.499. The maximum absolute atomic E-state index is 6.57. The lowest BCUT2D eigenvalue weighted by atomic mass is 9.89. The molecule has 0 saturated heterocycles. The number of anilines is 5. The van der Waals surface area contributed by atoms with Crippen molar-refractivity contribution in [3.8, 4) is 0 Å². The number of rotatable bonds is 6. The largest absolute Gasteiger partial charge is 0.460 e. The Balaban J connectivity index is 1.12. The summed E-state index contributed by atoms with van der Waals surface area (Å²) in [4.78, 5) is 5.00. The summed E-state index contributed by atoms with van der Waals surface area (Å²) < 4.78 is 12.9. The molecule has 2 aliphatic carbocycles. The quantitative estimate of drug-likeness (QED) is 0.157. The second kappa shape index (κ2) is 14.1. The van der Waals surface area contributed by atoms with Crippen LogP contribution in [-0.4, -0.2) is 6.04 Å². The van der Waals surface area contributed by atoms with Gasteiger partial charge in [-0.3, -0.25) is 0 Å². The SMILES string of the molecule is CC1=Cc2c(oc3ccc(N(c4cc5c6ccccc6c(N(c6ccccc6)c6ccc7oc8ccc(C)cc8c7c6)cc5c5ccccc45)C4C=CC=CC4C)cc23)C(C)C1. The summed E-state index contributed by atoms with van der Waals surface area (Å²) in [7, 11) is 0. The summed E-state index contributed by atoms with van der Waals surface area (Å²) >= 11 is 0. The summed E-state index contributed by atoms with van der Waals surface area (Å²) in [6.45, 7) is 8.99. The van der Waals surface area contributed by atoms with Gasteiger partial charge in [-0.15, -0.1) is 0 Å². The van der Waals surface area contributed by atoms with Crippen molar-refractivity contribution >= 4 is 99.7 Å². The van der Waals surface area contributed by atoms with Crippen LogP contribution in [0.15, 0.2) is 184 Å². The Morgan fingerprint density at radius 3 is 1.82 bits per heavy atom. The van der Waals surface area contributed by atoms with E-state index in [1.165, 1.54) is 60.1 Å². The fraction of sp³-hybridized carbons (Fsp3) is 0.138. The average Bonchev–Trinajstić information content (AvgIpc) is 3.85. The first kappa shape index (κ1) is 36.5. The molecule has 3 unspecified atom stereocenters. The van der Waals surface area contributed by atoms with E-state index in [1.807, 2.05) is 0 Å². The van der Waals surface area contributed by atoms with Crippen LogP contribution in [0.1, 0.15) is 50.0 Å². The molecule has 10 aromatic rings. The highest BCUT2D eigenvalue weighted by Crippen LogP contribution is 2.49. The lowest BCUT2D eigenvalue weighted by Crippen LogP contribution is -2.35. The van der Waals surface area contributed by atoms with Crippen molar-refractivity contribution in [2.75, 3.05) is 9.80 Å². The minimum atomic E-state index is 0.0917. The van der Waals surface area contributed by atoms with Crippen molar-refractivity contribution in [1.82, 2.24) is 0 Å². The molecule has 12 rings (SSSR count). The third-order valence-corrected chi connectivity index (χ3v) is 13.4. The predicted octanol–water partition coefficient (Wildman–Crippen LogP) is 16.7. The van der Waals surface area contributed by atoms with Crippen LogP contribution in [0.5, 0.6) is 0 Å². The highest BCUT2D eigenvalue weighted by atomic mass is 16.3. The monoisotopic (exact) mass is 802 g/mol.